The van der Waals surface area contributed by atoms with Gasteiger partial charge in [0.2, 0.25) is 5.91 Å². The van der Waals surface area contributed by atoms with Crippen molar-refractivity contribution < 1.29 is 9.53 Å². The van der Waals surface area contributed by atoms with Crippen molar-refractivity contribution in [3.8, 4) is 22.9 Å². The topological polar surface area (TPSA) is 99.9 Å². The molecule has 0 aliphatic heterocycles. The molecule has 4 rings (SSSR count). The Morgan fingerprint density at radius 3 is 2.58 bits per heavy atom. The summed E-state index contributed by atoms with van der Waals surface area (Å²) in [5, 5.41) is 16.1. The molecule has 7 nitrogen and oxygen atoms in total. The van der Waals surface area contributed by atoms with Gasteiger partial charge < -0.3 is 15.4 Å². The third kappa shape index (κ3) is 5.08. The Morgan fingerprint density at radius 1 is 1.06 bits per heavy atom. The Morgan fingerprint density at radius 2 is 1.85 bits per heavy atom. The number of anilines is 1. The summed E-state index contributed by atoms with van der Waals surface area (Å²) in [5.74, 6) is 0.650. The number of rotatable bonds is 8. The molecule has 0 fully saturated rings. The molecule has 2 aromatic carbocycles. The van der Waals surface area contributed by atoms with Crippen LogP contribution in [0, 0.1) is 11.3 Å². The Hall–Kier alpha value is -4.44. The molecular formula is C26H23N5O2. The quantitative estimate of drug-likeness (QED) is 0.405. The van der Waals surface area contributed by atoms with Gasteiger partial charge in [0.1, 0.15) is 0 Å². The molecule has 0 unspecified atom stereocenters. The maximum absolute atomic E-state index is 12.1. The van der Waals surface area contributed by atoms with E-state index in [0.717, 1.165) is 33.3 Å². The lowest BCUT2D eigenvalue weighted by Gasteiger charge is -2.15. The lowest BCUT2D eigenvalue weighted by molar-refractivity contribution is -0.120. The summed E-state index contributed by atoms with van der Waals surface area (Å²) in [5.41, 5.74) is 5.05. The molecule has 0 aliphatic rings. The number of nitrogens with zero attached hydrogens (tertiary/aromatic N) is 3. The number of nitriles is 1. The molecule has 0 saturated carbocycles. The normalized spacial score (nSPS) is 10.4. The van der Waals surface area contributed by atoms with Gasteiger partial charge >= 0.3 is 0 Å². The van der Waals surface area contributed by atoms with Crippen LogP contribution in [-0.2, 0) is 11.2 Å². The van der Waals surface area contributed by atoms with E-state index < -0.39 is 0 Å². The number of hydrogen-bond donors (Lipinski definition) is 2. The van der Waals surface area contributed by atoms with Gasteiger partial charge in [0.25, 0.3) is 0 Å². The summed E-state index contributed by atoms with van der Waals surface area (Å²) in [7, 11) is 1.63. The van der Waals surface area contributed by atoms with Crippen molar-refractivity contribution in [1.29, 1.82) is 5.26 Å². The first-order valence-corrected chi connectivity index (χ1v) is 10.6. The molecule has 0 saturated heterocycles. The van der Waals surface area contributed by atoms with Crippen molar-refractivity contribution in [1.82, 2.24) is 15.3 Å². The summed E-state index contributed by atoms with van der Waals surface area (Å²) >= 11 is 0. The van der Waals surface area contributed by atoms with E-state index in [1.54, 1.807) is 37.8 Å². The number of aromatic nitrogens is 2. The number of carbonyl (C=O) groups excluding carboxylic acids is 1. The monoisotopic (exact) mass is 437 g/mol. The molecule has 1 amide bonds. The second-order valence-corrected chi connectivity index (χ2v) is 7.40. The number of benzene rings is 2. The van der Waals surface area contributed by atoms with Gasteiger partial charge in [-0.2, -0.15) is 5.26 Å². The van der Waals surface area contributed by atoms with Crippen LogP contribution in [0.4, 0.5) is 5.69 Å². The average molecular weight is 438 g/mol. The number of methoxy groups -OCH3 is 1. The summed E-state index contributed by atoms with van der Waals surface area (Å²) in [6, 6.07) is 19.2. The highest BCUT2D eigenvalue weighted by Gasteiger charge is 2.13. The van der Waals surface area contributed by atoms with Crippen LogP contribution < -0.4 is 15.4 Å². The van der Waals surface area contributed by atoms with Gasteiger partial charge in [0.15, 0.2) is 5.75 Å². The second kappa shape index (κ2) is 10.2. The summed E-state index contributed by atoms with van der Waals surface area (Å²) in [4.78, 5) is 20.8. The van der Waals surface area contributed by atoms with Gasteiger partial charge in [-0.15, -0.1) is 0 Å². The zero-order valence-corrected chi connectivity index (χ0v) is 18.2. The van der Waals surface area contributed by atoms with E-state index in [4.69, 9.17) is 10.00 Å². The maximum Gasteiger partial charge on any atom is 0.224 e. The lowest BCUT2D eigenvalue weighted by atomic mass is 10.0. The van der Waals surface area contributed by atoms with Crippen molar-refractivity contribution in [3.05, 3.63) is 84.3 Å². The first kappa shape index (κ1) is 21.8. The molecule has 0 spiro atoms. The Bertz CT molecular complexity index is 1300. The average Bonchev–Trinajstić information content (AvgIpc) is 2.86. The molecule has 0 aliphatic carbocycles. The molecule has 0 bridgehead atoms. The number of nitrogens with one attached hydrogen (secondary N) is 2. The van der Waals surface area contributed by atoms with Gasteiger partial charge in [-0.05, 0) is 41.5 Å². The van der Waals surface area contributed by atoms with Gasteiger partial charge in [0, 0.05) is 36.4 Å². The smallest absolute Gasteiger partial charge is 0.224 e. The second-order valence-electron chi connectivity index (χ2n) is 7.40. The molecule has 2 aromatic heterocycles. The van der Waals surface area contributed by atoms with E-state index in [1.165, 1.54) is 0 Å². The van der Waals surface area contributed by atoms with Gasteiger partial charge in [-0.1, -0.05) is 24.3 Å². The van der Waals surface area contributed by atoms with Gasteiger partial charge in [-0.3, -0.25) is 14.8 Å². The minimum Gasteiger partial charge on any atom is -0.494 e. The highest BCUT2D eigenvalue weighted by atomic mass is 16.5. The number of ether oxygens (including phenoxy) is 1. The first-order valence-electron chi connectivity index (χ1n) is 10.6. The first-order chi connectivity index (χ1) is 16.2. The van der Waals surface area contributed by atoms with Gasteiger partial charge in [0.05, 0.1) is 42.6 Å². The summed E-state index contributed by atoms with van der Waals surface area (Å²) in [6.45, 7) is 0.997. The SMILES string of the molecule is COc1c(NCCNC(=O)Cc2ccncc2)cnc2c(-c3ccc(C#N)cc3)cccc12. The zero-order valence-electron chi connectivity index (χ0n) is 18.2. The van der Waals surface area contributed by atoms with Crippen LogP contribution in [0.25, 0.3) is 22.0 Å². The van der Waals surface area contributed by atoms with Crippen molar-refractivity contribution in [2.24, 2.45) is 0 Å². The maximum atomic E-state index is 12.1. The molecule has 4 aromatic rings. The van der Waals surface area contributed by atoms with E-state index in [1.807, 2.05) is 42.5 Å². The van der Waals surface area contributed by atoms with Gasteiger partial charge in [-0.25, -0.2) is 0 Å². The van der Waals surface area contributed by atoms with Crippen LogP contribution in [0.5, 0.6) is 5.75 Å². The fourth-order valence-corrected chi connectivity index (χ4v) is 3.65. The number of carbonyl (C=O) groups is 1. The molecule has 0 atom stereocenters. The highest BCUT2D eigenvalue weighted by Crippen LogP contribution is 2.36. The van der Waals surface area contributed by atoms with E-state index in [9.17, 15) is 4.79 Å². The number of hydrogen-bond acceptors (Lipinski definition) is 6. The molecule has 2 heterocycles. The van der Waals surface area contributed by atoms with Crippen molar-refractivity contribution in [3.63, 3.8) is 0 Å². The van der Waals surface area contributed by atoms with Crippen LogP contribution >= 0.6 is 0 Å². The van der Waals surface area contributed by atoms with Crippen LogP contribution in [0.3, 0.4) is 0 Å². The zero-order chi connectivity index (χ0) is 23.0. The Labute approximate surface area is 192 Å². The van der Waals surface area contributed by atoms with E-state index in [-0.39, 0.29) is 5.91 Å². The minimum absolute atomic E-state index is 0.0429. The number of amides is 1. The fraction of sp³-hybridized carbons (Fsp3) is 0.154. The minimum atomic E-state index is -0.0429. The molecule has 7 heteroatoms. The van der Waals surface area contributed by atoms with Crippen LogP contribution in [0.2, 0.25) is 0 Å². The van der Waals surface area contributed by atoms with E-state index in [0.29, 0.717) is 30.8 Å². The molecule has 33 heavy (non-hydrogen) atoms. The lowest BCUT2D eigenvalue weighted by Crippen LogP contribution is -2.30. The van der Waals surface area contributed by atoms with Crippen LogP contribution in [0.15, 0.2) is 73.2 Å². The fourth-order valence-electron chi connectivity index (χ4n) is 3.65. The highest BCUT2D eigenvalue weighted by molar-refractivity contribution is 5.99. The standard InChI is InChI=1S/C26H23N5O2/c1-33-26-22-4-2-3-21(20-7-5-19(16-27)6-8-20)25(22)31-17-23(26)29-13-14-30-24(32)15-18-9-11-28-12-10-18/h2-12,17,29H,13-15H2,1H3,(H,30,32). The number of pyridine rings is 2. The predicted octanol–water partition coefficient (Wildman–Crippen LogP) is 3.95. The third-order valence-electron chi connectivity index (χ3n) is 5.25. The van der Waals surface area contributed by atoms with E-state index >= 15 is 0 Å². The number of para-hydroxylation sites is 1. The summed E-state index contributed by atoms with van der Waals surface area (Å²) < 4.78 is 5.70. The summed E-state index contributed by atoms with van der Waals surface area (Å²) in [6.07, 6.45) is 5.42. The Kier molecular flexibility index (Phi) is 6.76. The third-order valence-corrected chi connectivity index (χ3v) is 5.25. The number of fused-ring (bicyclic) bond motifs is 1. The van der Waals surface area contributed by atoms with Crippen molar-refractivity contribution >= 4 is 22.5 Å². The predicted molar refractivity (Wildman–Crippen MR) is 128 cm³/mol. The molecule has 0 radical (unpaired) electrons. The molecule has 164 valence electrons. The Balaban J connectivity index is 1.46. The molecular weight excluding hydrogens is 414 g/mol. The molecule has 2 N–H and O–H groups in total. The van der Waals surface area contributed by atoms with Crippen molar-refractivity contribution in [2.45, 2.75) is 6.42 Å². The van der Waals surface area contributed by atoms with Crippen molar-refractivity contribution in [2.75, 3.05) is 25.5 Å². The van der Waals surface area contributed by atoms with Crippen LogP contribution in [0.1, 0.15) is 11.1 Å². The van der Waals surface area contributed by atoms with E-state index in [2.05, 4.69) is 26.7 Å². The largest absolute Gasteiger partial charge is 0.494 e. The van der Waals surface area contributed by atoms with Crippen LogP contribution in [-0.4, -0.2) is 36.1 Å².